The maximum absolute atomic E-state index is 6.18. The molecule has 0 aliphatic carbocycles. The van der Waals surface area contributed by atoms with E-state index in [0.29, 0.717) is 6.10 Å². The molecule has 2 rings (SSSR count). The third-order valence-corrected chi connectivity index (χ3v) is 4.89. The summed E-state index contributed by atoms with van der Waals surface area (Å²) in [4.78, 5) is 2.71. The van der Waals surface area contributed by atoms with E-state index in [2.05, 4.69) is 11.8 Å². The van der Waals surface area contributed by atoms with Crippen LogP contribution in [0.4, 0.5) is 0 Å². The highest BCUT2D eigenvalue weighted by molar-refractivity contribution is 4.96. The van der Waals surface area contributed by atoms with Crippen LogP contribution in [0.5, 0.6) is 0 Å². The van der Waals surface area contributed by atoms with Crippen molar-refractivity contribution in [2.45, 2.75) is 69.9 Å². The average molecular weight is 254 g/mol. The minimum Gasteiger partial charge on any atom is -0.378 e. The highest BCUT2D eigenvalue weighted by Crippen LogP contribution is 2.32. The van der Waals surface area contributed by atoms with E-state index in [9.17, 15) is 0 Å². The zero-order valence-electron chi connectivity index (χ0n) is 12.0. The molecule has 2 aliphatic heterocycles. The molecule has 0 bridgehead atoms. The zero-order chi connectivity index (χ0) is 12.8. The van der Waals surface area contributed by atoms with Gasteiger partial charge in [0.05, 0.1) is 6.10 Å². The van der Waals surface area contributed by atoms with Crippen molar-refractivity contribution in [2.24, 2.45) is 5.73 Å². The Labute approximate surface area is 112 Å². The Bertz CT molecular complexity index is 239. The Morgan fingerprint density at radius 1 is 1.17 bits per heavy atom. The molecule has 0 aromatic heterocycles. The normalized spacial score (nSPS) is 36.0. The predicted octanol–water partition coefficient (Wildman–Crippen LogP) is 2.54. The number of likely N-dealkylation sites (tertiary alicyclic amines) is 1. The van der Waals surface area contributed by atoms with Gasteiger partial charge < -0.3 is 10.5 Å². The average Bonchev–Trinajstić information content (AvgIpc) is 2.38. The summed E-state index contributed by atoms with van der Waals surface area (Å²) in [7, 11) is 0. The first-order chi connectivity index (χ1) is 8.80. The monoisotopic (exact) mass is 254 g/mol. The maximum atomic E-state index is 6.18. The molecule has 0 radical (unpaired) electrons. The topological polar surface area (TPSA) is 38.5 Å². The minimum atomic E-state index is 0.232. The van der Waals surface area contributed by atoms with E-state index in [1.54, 1.807) is 0 Å². The molecule has 3 heteroatoms. The molecule has 2 saturated heterocycles. The lowest BCUT2D eigenvalue weighted by molar-refractivity contribution is -0.0737. The quantitative estimate of drug-likeness (QED) is 0.841. The summed E-state index contributed by atoms with van der Waals surface area (Å²) in [6.07, 6.45) is 10.7. The van der Waals surface area contributed by atoms with E-state index < -0.39 is 0 Å². The largest absolute Gasteiger partial charge is 0.378 e. The van der Waals surface area contributed by atoms with Crippen molar-refractivity contribution < 1.29 is 4.74 Å². The molecule has 2 N–H and O–H groups in total. The van der Waals surface area contributed by atoms with Gasteiger partial charge in [-0.2, -0.15) is 0 Å². The molecule has 0 spiro atoms. The number of hydrogen-bond acceptors (Lipinski definition) is 3. The van der Waals surface area contributed by atoms with Crippen molar-refractivity contribution in [3.8, 4) is 0 Å². The van der Waals surface area contributed by atoms with Crippen LogP contribution in [-0.2, 0) is 4.74 Å². The molecule has 0 saturated carbocycles. The lowest BCUT2D eigenvalue weighted by Crippen LogP contribution is -2.59. The van der Waals surface area contributed by atoms with Crippen LogP contribution < -0.4 is 5.73 Å². The fourth-order valence-corrected chi connectivity index (χ4v) is 3.59. The van der Waals surface area contributed by atoms with E-state index in [1.807, 2.05) is 0 Å². The van der Waals surface area contributed by atoms with Crippen molar-refractivity contribution in [2.75, 3.05) is 26.2 Å². The van der Waals surface area contributed by atoms with E-state index in [-0.39, 0.29) is 5.54 Å². The first kappa shape index (κ1) is 14.3. The van der Waals surface area contributed by atoms with Crippen molar-refractivity contribution >= 4 is 0 Å². The summed E-state index contributed by atoms with van der Waals surface area (Å²) in [5, 5.41) is 0. The number of ether oxygens (including phenoxy) is 1. The van der Waals surface area contributed by atoms with Crippen LogP contribution in [-0.4, -0.2) is 42.8 Å². The summed E-state index contributed by atoms with van der Waals surface area (Å²) in [6.45, 7) is 6.41. The standard InChI is InChI=1S/C15H30N2O/c1-2-14-12-15(13-16,8-11-18-14)17-9-6-4-3-5-7-10-17/h14H,2-13,16H2,1H3. The zero-order valence-corrected chi connectivity index (χ0v) is 12.0. The Balaban J connectivity index is 2.03. The van der Waals surface area contributed by atoms with Crippen LogP contribution in [0.3, 0.4) is 0 Å². The van der Waals surface area contributed by atoms with Gasteiger partial charge >= 0.3 is 0 Å². The van der Waals surface area contributed by atoms with E-state index >= 15 is 0 Å². The Morgan fingerprint density at radius 2 is 1.83 bits per heavy atom. The highest BCUT2D eigenvalue weighted by atomic mass is 16.5. The van der Waals surface area contributed by atoms with E-state index in [1.165, 1.54) is 45.2 Å². The van der Waals surface area contributed by atoms with Gasteiger partial charge in [-0.05, 0) is 45.2 Å². The number of hydrogen-bond donors (Lipinski definition) is 1. The fraction of sp³-hybridized carbons (Fsp3) is 1.00. The number of nitrogens with zero attached hydrogens (tertiary/aromatic N) is 1. The van der Waals surface area contributed by atoms with Gasteiger partial charge in [-0.1, -0.05) is 26.2 Å². The molecule has 2 atom stereocenters. The summed E-state index contributed by atoms with van der Waals surface area (Å²) >= 11 is 0. The van der Waals surface area contributed by atoms with Gasteiger partial charge in [0.25, 0.3) is 0 Å². The van der Waals surface area contributed by atoms with Gasteiger partial charge in [-0.25, -0.2) is 0 Å². The molecule has 0 amide bonds. The molecule has 2 fully saturated rings. The molecule has 3 nitrogen and oxygen atoms in total. The SMILES string of the molecule is CCC1CC(CN)(N2CCCCCCC2)CCO1. The molecular formula is C15H30N2O. The molecule has 106 valence electrons. The van der Waals surface area contributed by atoms with Crippen molar-refractivity contribution in [1.29, 1.82) is 0 Å². The molecule has 2 unspecified atom stereocenters. The first-order valence-electron chi connectivity index (χ1n) is 7.87. The number of rotatable bonds is 3. The lowest BCUT2D eigenvalue weighted by Gasteiger charge is -2.48. The van der Waals surface area contributed by atoms with Crippen molar-refractivity contribution in [3.63, 3.8) is 0 Å². The summed E-state index contributed by atoms with van der Waals surface area (Å²) in [5.74, 6) is 0. The smallest absolute Gasteiger partial charge is 0.0590 e. The predicted molar refractivity (Wildman–Crippen MR) is 75.7 cm³/mol. The van der Waals surface area contributed by atoms with Gasteiger partial charge in [0.15, 0.2) is 0 Å². The first-order valence-corrected chi connectivity index (χ1v) is 7.87. The summed E-state index contributed by atoms with van der Waals surface area (Å²) in [5.41, 5.74) is 6.41. The molecule has 2 aliphatic rings. The molecule has 0 aromatic rings. The van der Waals surface area contributed by atoms with Gasteiger partial charge in [-0.15, -0.1) is 0 Å². The van der Waals surface area contributed by atoms with Gasteiger partial charge in [0.2, 0.25) is 0 Å². The Morgan fingerprint density at radius 3 is 2.44 bits per heavy atom. The van der Waals surface area contributed by atoms with Crippen LogP contribution in [0.15, 0.2) is 0 Å². The van der Waals surface area contributed by atoms with Gasteiger partial charge in [-0.3, -0.25) is 4.90 Å². The second-order valence-corrected chi connectivity index (χ2v) is 6.04. The molecule has 18 heavy (non-hydrogen) atoms. The fourth-order valence-electron chi connectivity index (χ4n) is 3.59. The van der Waals surface area contributed by atoms with Crippen molar-refractivity contribution in [1.82, 2.24) is 4.90 Å². The lowest BCUT2D eigenvalue weighted by atomic mass is 9.83. The van der Waals surface area contributed by atoms with Crippen LogP contribution >= 0.6 is 0 Å². The summed E-state index contributed by atoms with van der Waals surface area (Å²) in [6, 6.07) is 0. The molecular weight excluding hydrogens is 224 g/mol. The van der Waals surface area contributed by atoms with Crippen LogP contribution in [0, 0.1) is 0 Å². The van der Waals surface area contributed by atoms with E-state index in [4.69, 9.17) is 10.5 Å². The Hall–Kier alpha value is -0.120. The molecule has 0 aromatic carbocycles. The van der Waals surface area contributed by atoms with Crippen LogP contribution in [0.1, 0.15) is 58.3 Å². The minimum absolute atomic E-state index is 0.232. The van der Waals surface area contributed by atoms with E-state index in [0.717, 1.165) is 32.4 Å². The van der Waals surface area contributed by atoms with Crippen LogP contribution in [0.2, 0.25) is 0 Å². The highest BCUT2D eigenvalue weighted by Gasteiger charge is 2.40. The van der Waals surface area contributed by atoms with Gasteiger partial charge in [0.1, 0.15) is 0 Å². The third kappa shape index (κ3) is 3.25. The number of nitrogens with two attached hydrogens (primary N) is 1. The second kappa shape index (κ2) is 6.88. The maximum Gasteiger partial charge on any atom is 0.0590 e. The van der Waals surface area contributed by atoms with Crippen molar-refractivity contribution in [3.05, 3.63) is 0 Å². The third-order valence-electron chi connectivity index (χ3n) is 4.89. The summed E-state index contributed by atoms with van der Waals surface area (Å²) < 4.78 is 5.85. The van der Waals surface area contributed by atoms with Crippen LogP contribution in [0.25, 0.3) is 0 Å². The second-order valence-electron chi connectivity index (χ2n) is 6.04. The van der Waals surface area contributed by atoms with Gasteiger partial charge in [0, 0.05) is 18.7 Å². The Kier molecular flexibility index (Phi) is 5.46. The molecule has 2 heterocycles.